The van der Waals surface area contributed by atoms with Crippen LogP contribution in [0.3, 0.4) is 0 Å². The maximum absolute atomic E-state index is 13.5. The zero-order valence-corrected chi connectivity index (χ0v) is 22.8. The van der Waals surface area contributed by atoms with E-state index >= 15 is 0 Å². The summed E-state index contributed by atoms with van der Waals surface area (Å²) in [5.74, 6) is 0.285. The topological polar surface area (TPSA) is 124 Å². The Bertz CT molecular complexity index is 1840. The zero-order valence-electron chi connectivity index (χ0n) is 21.2. The van der Waals surface area contributed by atoms with Crippen LogP contribution in [-0.4, -0.2) is 44.9 Å². The minimum absolute atomic E-state index is 0.0399. The Morgan fingerprint density at radius 3 is 2.37 bits per heavy atom. The number of alkyl halides is 3. The van der Waals surface area contributed by atoms with Gasteiger partial charge in [-0.25, -0.2) is 18.4 Å². The Balaban J connectivity index is 1.47. The summed E-state index contributed by atoms with van der Waals surface area (Å²) in [6.45, 7) is 1.39. The fourth-order valence-corrected chi connectivity index (χ4v) is 5.85. The van der Waals surface area contributed by atoms with Crippen LogP contribution in [0.15, 0.2) is 78.1 Å². The molecule has 0 saturated carbocycles. The largest absolute Gasteiger partial charge is 0.529 e. The Kier molecular flexibility index (Phi) is 7.26. The van der Waals surface area contributed by atoms with E-state index in [1.807, 2.05) is 0 Å². The fraction of sp³-hybridized carbons (Fsp3) is 0.148. The highest BCUT2D eigenvalue weighted by Crippen LogP contribution is 2.38. The second-order valence-electron chi connectivity index (χ2n) is 9.13. The number of aromatic nitrogens is 4. The lowest BCUT2D eigenvalue weighted by atomic mass is 10.1. The molecule has 5 aromatic rings. The Morgan fingerprint density at radius 2 is 1.78 bits per heavy atom. The number of carbonyl (C=O) groups is 1. The minimum atomic E-state index is -4.67. The highest BCUT2D eigenvalue weighted by molar-refractivity contribution is 7.89. The number of sulfonamides is 1. The molecule has 3 aromatic carbocycles. The van der Waals surface area contributed by atoms with Crippen molar-refractivity contribution in [3.05, 3.63) is 94.9 Å². The molecule has 0 aliphatic carbocycles. The fourth-order valence-electron chi connectivity index (χ4n) is 4.33. The summed E-state index contributed by atoms with van der Waals surface area (Å²) in [6, 6.07) is 14.4. The molecule has 5 rings (SSSR count). The monoisotopic (exact) mass is 602 g/mol. The first-order valence-electron chi connectivity index (χ1n) is 12.0. The van der Waals surface area contributed by atoms with E-state index in [4.69, 9.17) is 11.6 Å². The van der Waals surface area contributed by atoms with Gasteiger partial charge >= 0.3 is 6.18 Å². The first-order chi connectivity index (χ1) is 19.4. The summed E-state index contributed by atoms with van der Waals surface area (Å²) in [4.78, 5) is 22.8. The average molecular weight is 603 g/mol. The number of fused-ring (bicyclic) bond motifs is 1. The summed E-state index contributed by atoms with van der Waals surface area (Å²) >= 11 is 6.00. The molecule has 2 aromatic heterocycles. The van der Waals surface area contributed by atoms with E-state index in [1.54, 1.807) is 47.9 Å². The highest BCUT2D eigenvalue weighted by Gasteiger charge is 2.34. The van der Waals surface area contributed by atoms with Gasteiger partial charge < -0.3 is 14.9 Å². The van der Waals surface area contributed by atoms with E-state index in [0.717, 1.165) is 11.6 Å². The van der Waals surface area contributed by atoms with Crippen LogP contribution in [-0.2, 0) is 22.6 Å². The quantitative estimate of drug-likeness (QED) is 0.280. The third kappa shape index (κ3) is 5.50. The minimum Gasteiger partial charge on any atom is -0.529 e. The van der Waals surface area contributed by atoms with Crippen molar-refractivity contribution < 1.29 is 31.5 Å². The number of rotatable bonds is 7. The summed E-state index contributed by atoms with van der Waals surface area (Å²) in [6.07, 6.45) is -3.60. The first kappa shape index (κ1) is 28.2. The molecule has 14 heteroatoms. The van der Waals surface area contributed by atoms with Gasteiger partial charge in [0.1, 0.15) is 5.69 Å². The van der Waals surface area contributed by atoms with Gasteiger partial charge in [0.15, 0.2) is 11.9 Å². The van der Waals surface area contributed by atoms with E-state index in [2.05, 4.69) is 15.0 Å². The number of hydrogen-bond acceptors (Lipinski definition) is 6. The van der Waals surface area contributed by atoms with Crippen LogP contribution in [0, 0.1) is 6.92 Å². The molecule has 0 atom stereocenters. The van der Waals surface area contributed by atoms with Crippen molar-refractivity contribution in [3.8, 4) is 17.2 Å². The molecule has 0 radical (unpaired) electrons. The normalized spacial score (nSPS) is 12.1. The van der Waals surface area contributed by atoms with E-state index in [-0.39, 0.29) is 33.5 Å². The highest BCUT2D eigenvalue weighted by atomic mass is 35.5. The van der Waals surface area contributed by atoms with Gasteiger partial charge in [-0.05, 0) is 55.3 Å². The molecule has 212 valence electrons. The zero-order chi connectivity index (χ0) is 29.5. The lowest BCUT2D eigenvalue weighted by Gasteiger charge is -2.24. The van der Waals surface area contributed by atoms with Crippen molar-refractivity contribution in [2.24, 2.45) is 0 Å². The summed E-state index contributed by atoms with van der Waals surface area (Å²) in [7, 11) is -4.35. The average Bonchev–Trinajstić information content (AvgIpc) is 3.56. The predicted octanol–water partition coefficient (Wildman–Crippen LogP) is 4.97. The second-order valence-corrected chi connectivity index (χ2v) is 11.4. The lowest BCUT2D eigenvalue weighted by molar-refractivity contribution is -0.259. The molecule has 1 N–H and O–H groups in total. The summed E-state index contributed by atoms with van der Waals surface area (Å²) in [5.41, 5.74) is 1.73. The maximum Gasteiger partial charge on any atom is 0.417 e. The molecular formula is C27H20ClF3N5O4S-. The van der Waals surface area contributed by atoms with E-state index < -0.39 is 32.9 Å². The molecule has 2 heterocycles. The Hall–Kier alpha value is -4.36. The number of benzene rings is 3. The number of hydrogen-bond donors (Lipinski definition) is 1. The number of carboxylic acid groups (broad SMARTS) is 1. The van der Waals surface area contributed by atoms with E-state index in [0.29, 0.717) is 22.5 Å². The van der Waals surface area contributed by atoms with Gasteiger partial charge in [0.2, 0.25) is 0 Å². The summed E-state index contributed by atoms with van der Waals surface area (Å²) in [5, 5.41) is 11.3. The van der Waals surface area contributed by atoms with Gasteiger partial charge in [-0.2, -0.15) is 13.2 Å². The van der Waals surface area contributed by atoms with E-state index in [1.165, 1.54) is 30.7 Å². The number of halogens is 4. The number of nitrogens with one attached hydrogen (secondary N) is 1. The number of aromatic amines is 1. The van der Waals surface area contributed by atoms with Gasteiger partial charge in [0.25, 0.3) is 10.0 Å². The molecular weight excluding hydrogens is 583 g/mol. The summed E-state index contributed by atoms with van der Waals surface area (Å²) < 4.78 is 68.1. The predicted molar refractivity (Wildman–Crippen MR) is 143 cm³/mol. The van der Waals surface area contributed by atoms with Crippen molar-refractivity contribution in [3.63, 3.8) is 0 Å². The molecule has 41 heavy (non-hydrogen) atoms. The number of H-pyrrole nitrogens is 1. The third-order valence-corrected chi connectivity index (χ3v) is 8.49. The van der Waals surface area contributed by atoms with Crippen molar-refractivity contribution >= 4 is 38.8 Å². The smallest absolute Gasteiger partial charge is 0.417 e. The third-order valence-electron chi connectivity index (χ3n) is 6.40. The standard InChI is InChI=1S/C27H21ClF3N5O4S/c1-16-2-8-19(9-3-16)41(39,40)35(26(37)38)11-10-17-4-6-18(7-5-17)36-24-13-21(28)20(27(29,30)31)12-22(24)34-25(36)23-14-32-15-33-23/h2-9,12-15H,10-11H2,1H3,(H,32,33)(H,37,38)/p-1. The molecule has 0 saturated heterocycles. The molecule has 0 unspecified atom stereocenters. The Labute approximate surface area is 236 Å². The number of amides is 1. The number of aryl methyl sites for hydroxylation is 1. The Morgan fingerprint density at radius 1 is 1.10 bits per heavy atom. The van der Waals surface area contributed by atoms with Crippen LogP contribution in [0.1, 0.15) is 16.7 Å². The molecule has 0 spiro atoms. The van der Waals surface area contributed by atoms with Gasteiger partial charge in [0, 0.05) is 12.2 Å². The van der Waals surface area contributed by atoms with Crippen LogP contribution in [0.25, 0.3) is 28.2 Å². The van der Waals surface area contributed by atoms with Gasteiger partial charge in [-0.1, -0.05) is 41.4 Å². The molecule has 9 nitrogen and oxygen atoms in total. The van der Waals surface area contributed by atoms with Crippen molar-refractivity contribution in [1.82, 2.24) is 23.8 Å². The van der Waals surface area contributed by atoms with Gasteiger partial charge in [-0.3, -0.25) is 8.87 Å². The molecule has 0 aliphatic rings. The van der Waals surface area contributed by atoms with Crippen molar-refractivity contribution in [2.75, 3.05) is 6.54 Å². The van der Waals surface area contributed by atoms with Crippen molar-refractivity contribution in [1.29, 1.82) is 0 Å². The number of nitrogens with zero attached hydrogens (tertiary/aromatic N) is 4. The van der Waals surface area contributed by atoms with Crippen LogP contribution in [0.4, 0.5) is 18.0 Å². The van der Waals surface area contributed by atoms with Crippen LogP contribution in [0.5, 0.6) is 0 Å². The van der Waals surface area contributed by atoms with Gasteiger partial charge in [0.05, 0.1) is 39.0 Å². The SMILES string of the molecule is Cc1ccc(S(=O)(=O)N(CCc2ccc(-n3c(-c4cnc[nH]4)nc4cc(C(F)(F)F)c(Cl)cc43)cc2)C(=O)[O-])cc1. The lowest BCUT2D eigenvalue weighted by Crippen LogP contribution is -2.45. The first-order valence-corrected chi connectivity index (χ1v) is 13.9. The molecule has 0 bridgehead atoms. The van der Waals surface area contributed by atoms with Crippen LogP contribution >= 0.6 is 11.6 Å². The maximum atomic E-state index is 13.5. The molecule has 1 amide bonds. The number of imidazole rings is 2. The molecule has 0 fully saturated rings. The van der Waals surface area contributed by atoms with Crippen molar-refractivity contribution in [2.45, 2.75) is 24.4 Å². The number of carbonyl (C=O) groups excluding carboxylic acids is 1. The molecule has 0 aliphatic heterocycles. The van der Waals surface area contributed by atoms with Gasteiger partial charge in [-0.15, -0.1) is 0 Å². The van der Waals surface area contributed by atoms with Crippen LogP contribution in [0.2, 0.25) is 5.02 Å². The second kappa shape index (κ2) is 10.6. The van der Waals surface area contributed by atoms with Crippen LogP contribution < -0.4 is 5.11 Å². The van der Waals surface area contributed by atoms with E-state index in [9.17, 15) is 31.5 Å².